The number of methoxy groups -OCH3 is 1. The van der Waals surface area contributed by atoms with Crippen molar-refractivity contribution in [3.8, 4) is 11.4 Å². The molecule has 2 fully saturated rings. The number of pyridine rings is 1. The summed E-state index contributed by atoms with van der Waals surface area (Å²) in [4.78, 5) is 51.2. The lowest BCUT2D eigenvalue weighted by molar-refractivity contribution is 0.0644. The highest BCUT2D eigenvalue weighted by molar-refractivity contribution is 5.99. The second kappa shape index (κ2) is 14.2. The van der Waals surface area contributed by atoms with Gasteiger partial charge in [-0.15, -0.1) is 0 Å². The molecule has 2 saturated heterocycles. The Morgan fingerprint density at radius 3 is 2.28 bits per heavy atom. The largest absolute Gasteiger partial charge is 0.497 e. The number of nitrogens with zero attached hydrogens (tertiary/aromatic N) is 5. The normalized spacial score (nSPS) is 19.1. The molecule has 10 heteroatoms. The lowest BCUT2D eigenvalue weighted by Gasteiger charge is -2.34. The molecular formula is C36H38FN5O4. The first-order valence-electron chi connectivity index (χ1n) is 15.8. The van der Waals surface area contributed by atoms with Gasteiger partial charge in [-0.1, -0.05) is 12.1 Å². The zero-order chi connectivity index (χ0) is 32.0. The molecule has 2 aliphatic rings. The van der Waals surface area contributed by atoms with Crippen LogP contribution in [0.3, 0.4) is 0 Å². The molecule has 0 bridgehead atoms. The summed E-state index contributed by atoms with van der Waals surface area (Å²) in [7, 11) is 1.59. The molecule has 4 heterocycles. The number of Topliss-reactive ketones (excluding diaryl/α,β-unsaturated/α-hetero) is 2. The van der Waals surface area contributed by atoms with Crippen LogP contribution in [0, 0.1) is 11.8 Å². The number of piperidine rings is 2. The SMILES string of the molecule is COc1ccc(C(=O)C2CCN(C(=O)c3ccc(C(=O)CC4CCN(Cc5ccc(-n6ccnc6)cc5)C[C@H]4F)cn3)CC2)cc1. The first-order valence-corrected chi connectivity index (χ1v) is 15.8. The molecule has 9 nitrogen and oxygen atoms in total. The zero-order valence-corrected chi connectivity index (χ0v) is 25.9. The van der Waals surface area contributed by atoms with Crippen LogP contribution in [-0.2, 0) is 6.54 Å². The Bertz CT molecular complexity index is 1630. The summed E-state index contributed by atoms with van der Waals surface area (Å²) in [5.41, 5.74) is 3.41. The van der Waals surface area contributed by atoms with E-state index in [1.54, 1.807) is 60.9 Å². The molecule has 0 radical (unpaired) electrons. The number of carbonyl (C=O) groups excluding carboxylic acids is 3. The second-order valence-corrected chi connectivity index (χ2v) is 12.2. The first-order chi connectivity index (χ1) is 22.4. The molecule has 238 valence electrons. The third kappa shape index (κ3) is 7.23. The van der Waals surface area contributed by atoms with Crippen LogP contribution >= 0.6 is 0 Å². The summed E-state index contributed by atoms with van der Waals surface area (Å²) < 4.78 is 22.3. The summed E-state index contributed by atoms with van der Waals surface area (Å²) >= 11 is 0. The van der Waals surface area contributed by atoms with E-state index in [9.17, 15) is 14.4 Å². The molecule has 0 N–H and O–H groups in total. The number of carbonyl (C=O) groups is 3. The van der Waals surface area contributed by atoms with Gasteiger partial charge in [0.05, 0.1) is 13.4 Å². The van der Waals surface area contributed by atoms with E-state index in [0.29, 0.717) is 55.8 Å². The van der Waals surface area contributed by atoms with Crippen LogP contribution in [0.5, 0.6) is 5.75 Å². The van der Waals surface area contributed by atoms with Gasteiger partial charge >= 0.3 is 0 Å². The van der Waals surface area contributed by atoms with E-state index < -0.39 is 6.17 Å². The molecule has 0 spiro atoms. The average molecular weight is 624 g/mol. The van der Waals surface area contributed by atoms with Crippen LogP contribution < -0.4 is 4.74 Å². The number of alkyl halides is 1. The maximum absolute atomic E-state index is 15.2. The Balaban J connectivity index is 0.957. The number of ether oxygens (including phenoxy) is 1. The molecule has 6 rings (SSSR count). The number of rotatable bonds is 10. The smallest absolute Gasteiger partial charge is 0.272 e. The number of amides is 1. The first kappa shape index (κ1) is 31.3. The highest BCUT2D eigenvalue weighted by Crippen LogP contribution is 2.27. The van der Waals surface area contributed by atoms with E-state index in [0.717, 1.165) is 17.8 Å². The van der Waals surface area contributed by atoms with E-state index in [1.807, 2.05) is 35.0 Å². The summed E-state index contributed by atoms with van der Waals surface area (Å²) in [6.45, 7) is 2.58. The standard InChI is InChI=1S/C36H38FN5O4/c1-46-31-9-4-26(5-10-31)35(44)27-13-17-41(18-14-27)36(45)33-11-6-29(21-39-33)34(43)20-28-12-16-40(23-32(28)37)22-25-2-7-30(8-3-25)42-19-15-38-24-42/h2-11,15,19,21,24,27-28,32H,12-14,16-18,20,22-23H2,1H3/t28?,32-/m1/s1. The minimum Gasteiger partial charge on any atom is -0.497 e. The van der Waals surface area contributed by atoms with Gasteiger partial charge in [-0.05, 0) is 85.8 Å². The number of likely N-dealkylation sites (tertiary alicyclic amines) is 2. The van der Waals surface area contributed by atoms with Crippen molar-refractivity contribution in [1.82, 2.24) is 24.3 Å². The van der Waals surface area contributed by atoms with Gasteiger partial charge in [0.15, 0.2) is 11.6 Å². The minimum absolute atomic E-state index is 0.0775. The zero-order valence-electron chi connectivity index (χ0n) is 25.9. The Morgan fingerprint density at radius 2 is 1.65 bits per heavy atom. The lowest BCUT2D eigenvalue weighted by atomic mass is 9.88. The van der Waals surface area contributed by atoms with Crippen molar-refractivity contribution >= 4 is 17.5 Å². The topological polar surface area (TPSA) is 97.6 Å². The molecule has 2 aromatic carbocycles. The Hall–Kier alpha value is -4.70. The highest BCUT2D eigenvalue weighted by atomic mass is 19.1. The Morgan fingerprint density at radius 1 is 0.913 bits per heavy atom. The quantitative estimate of drug-likeness (QED) is 0.217. The predicted octanol–water partition coefficient (Wildman–Crippen LogP) is 5.44. The predicted molar refractivity (Wildman–Crippen MR) is 171 cm³/mol. The fourth-order valence-electron chi connectivity index (χ4n) is 6.37. The van der Waals surface area contributed by atoms with Crippen molar-refractivity contribution in [1.29, 1.82) is 0 Å². The van der Waals surface area contributed by atoms with Gasteiger partial charge in [0, 0.05) is 73.9 Å². The molecule has 0 aliphatic carbocycles. The molecular weight excluding hydrogens is 585 g/mol. The van der Waals surface area contributed by atoms with Crippen LogP contribution in [0.2, 0.25) is 0 Å². The average Bonchev–Trinajstić information content (AvgIpc) is 3.65. The van der Waals surface area contributed by atoms with Crippen molar-refractivity contribution in [2.24, 2.45) is 11.8 Å². The fraction of sp³-hybridized carbons (Fsp3) is 0.361. The van der Waals surface area contributed by atoms with Crippen LogP contribution in [0.25, 0.3) is 5.69 Å². The van der Waals surface area contributed by atoms with E-state index in [-0.39, 0.29) is 48.0 Å². The van der Waals surface area contributed by atoms with E-state index in [1.165, 1.54) is 6.20 Å². The number of hydrogen-bond donors (Lipinski definition) is 0. The number of imidazole rings is 1. The molecule has 0 saturated carbocycles. The minimum atomic E-state index is -1.10. The van der Waals surface area contributed by atoms with Crippen molar-refractivity contribution < 1.29 is 23.5 Å². The van der Waals surface area contributed by atoms with Gasteiger partial charge in [0.1, 0.15) is 17.6 Å². The number of benzene rings is 2. The van der Waals surface area contributed by atoms with E-state index in [4.69, 9.17) is 4.74 Å². The molecule has 46 heavy (non-hydrogen) atoms. The van der Waals surface area contributed by atoms with Gasteiger partial charge in [0.25, 0.3) is 5.91 Å². The van der Waals surface area contributed by atoms with E-state index >= 15 is 4.39 Å². The number of aromatic nitrogens is 3. The lowest BCUT2D eigenvalue weighted by Crippen LogP contribution is -2.42. The monoisotopic (exact) mass is 623 g/mol. The van der Waals surface area contributed by atoms with Gasteiger partial charge in [-0.3, -0.25) is 24.3 Å². The van der Waals surface area contributed by atoms with Crippen LogP contribution in [0.1, 0.15) is 62.5 Å². The maximum atomic E-state index is 15.2. The Labute approximate surface area is 268 Å². The van der Waals surface area contributed by atoms with Crippen LogP contribution in [0.4, 0.5) is 4.39 Å². The molecule has 2 aromatic heterocycles. The fourth-order valence-corrected chi connectivity index (χ4v) is 6.37. The van der Waals surface area contributed by atoms with Gasteiger partial charge in [-0.2, -0.15) is 0 Å². The third-order valence-electron chi connectivity index (χ3n) is 9.18. The number of ketones is 2. The molecule has 2 aliphatic heterocycles. The van der Waals surface area contributed by atoms with Crippen molar-refractivity contribution in [2.45, 2.75) is 38.4 Å². The van der Waals surface area contributed by atoms with Gasteiger partial charge in [-0.25, -0.2) is 9.37 Å². The summed E-state index contributed by atoms with van der Waals surface area (Å²) in [5.74, 6) is -0.103. The third-order valence-corrected chi connectivity index (χ3v) is 9.18. The summed E-state index contributed by atoms with van der Waals surface area (Å²) in [5, 5.41) is 0. The van der Waals surface area contributed by atoms with Crippen molar-refractivity contribution in [2.75, 3.05) is 33.3 Å². The molecule has 1 amide bonds. The second-order valence-electron chi connectivity index (χ2n) is 12.2. The van der Waals surface area contributed by atoms with Crippen molar-refractivity contribution in [3.05, 3.63) is 108 Å². The maximum Gasteiger partial charge on any atom is 0.272 e. The summed E-state index contributed by atoms with van der Waals surface area (Å²) in [6.07, 6.45) is 7.56. The molecule has 1 unspecified atom stereocenters. The van der Waals surface area contributed by atoms with Gasteiger partial charge in [0.2, 0.25) is 0 Å². The Kier molecular flexibility index (Phi) is 9.63. The van der Waals surface area contributed by atoms with E-state index in [2.05, 4.69) is 14.9 Å². The number of hydrogen-bond acceptors (Lipinski definition) is 7. The van der Waals surface area contributed by atoms with Gasteiger partial charge < -0.3 is 14.2 Å². The van der Waals surface area contributed by atoms with Crippen molar-refractivity contribution in [3.63, 3.8) is 0 Å². The molecule has 2 atom stereocenters. The number of halogens is 1. The van der Waals surface area contributed by atoms with Crippen LogP contribution in [-0.4, -0.2) is 81.3 Å². The molecule has 4 aromatic rings. The van der Waals surface area contributed by atoms with Crippen LogP contribution in [0.15, 0.2) is 85.6 Å². The highest BCUT2D eigenvalue weighted by Gasteiger charge is 2.32. The summed E-state index contributed by atoms with van der Waals surface area (Å²) in [6, 6.07) is 18.4.